The summed E-state index contributed by atoms with van der Waals surface area (Å²) in [6, 6.07) is 10.2. The molecule has 0 atom stereocenters. The quantitative estimate of drug-likeness (QED) is 0.550. The van der Waals surface area contributed by atoms with Crippen molar-refractivity contribution in [1.82, 2.24) is 14.9 Å². The highest BCUT2D eigenvalue weighted by Gasteiger charge is 2.12. The third-order valence-corrected chi connectivity index (χ3v) is 4.66. The van der Waals surface area contributed by atoms with Gasteiger partial charge in [-0.05, 0) is 26.0 Å². The minimum atomic E-state index is -0.430. The maximum Gasteiger partial charge on any atom is 0.258 e. The minimum absolute atomic E-state index is 0.0204. The number of pyridine rings is 1. The van der Waals surface area contributed by atoms with Crippen LogP contribution in [0.25, 0.3) is 0 Å². The molecule has 3 aromatic rings. The van der Waals surface area contributed by atoms with Crippen LogP contribution in [0.4, 0.5) is 0 Å². The first kappa shape index (κ1) is 17.8. The van der Waals surface area contributed by atoms with Crippen molar-refractivity contribution in [2.75, 3.05) is 0 Å². The molecule has 3 rings (SSSR count). The molecular formula is C19H18N4O2S. The van der Waals surface area contributed by atoms with Gasteiger partial charge in [0.15, 0.2) is 0 Å². The standard InChI is InChI=1S/C19H18N4O2S/c1-12-4-3-5-14(8-12)18(20)22-19(25)15-6-7-17(24)23(10-15)11-16-21-9-13(2)26-16/h3-10H,11H2,1-2H3,(H2,20,22,25). The summed E-state index contributed by atoms with van der Waals surface area (Å²) in [6.45, 7) is 4.19. The second kappa shape index (κ2) is 7.45. The lowest BCUT2D eigenvalue weighted by Gasteiger charge is -2.09. The third-order valence-electron chi connectivity index (χ3n) is 3.77. The molecule has 0 aliphatic heterocycles. The van der Waals surface area contributed by atoms with Crippen LogP contribution < -0.4 is 10.9 Å². The summed E-state index contributed by atoms with van der Waals surface area (Å²) < 4.78 is 1.45. The monoisotopic (exact) mass is 366 g/mol. The van der Waals surface area contributed by atoms with Crippen molar-refractivity contribution >= 4 is 23.1 Å². The molecule has 1 aromatic carbocycles. The summed E-state index contributed by atoms with van der Waals surface area (Å²) in [5.41, 5.74) is 1.75. The average molecular weight is 366 g/mol. The second-order valence-corrected chi connectivity index (χ2v) is 7.27. The van der Waals surface area contributed by atoms with E-state index < -0.39 is 5.91 Å². The largest absolute Gasteiger partial charge is 0.308 e. The first-order chi connectivity index (χ1) is 12.4. The Morgan fingerprint density at radius 3 is 2.73 bits per heavy atom. The smallest absolute Gasteiger partial charge is 0.258 e. The van der Waals surface area contributed by atoms with E-state index in [0.717, 1.165) is 15.4 Å². The number of aryl methyl sites for hydroxylation is 2. The highest BCUT2D eigenvalue weighted by Crippen LogP contribution is 2.12. The van der Waals surface area contributed by atoms with Crippen molar-refractivity contribution in [3.63, 3.8) is 0 Å². The number of aromatic nitrogens is 2. The van der Waals surface area contributed by atoms with Gasteiger partial charge in [-0.2, -0.15) is 0 Å². The molecule has 0 aliphatic carbocycles. The molecule has 0 bridgehead atoms. The molecule has 1 amide bonds. The molecule has 0 unspecified atom stereocenters. The lowest BCUT2D eigenvalue weighted by Crippen LogP contribution is -2.32. The third kappa shape index (κ3) is 4.12. The van der Waals surface area contributed by atoms with E-state index in [2.05, 4.69) is 10.3 Å². The zero-order valence-electron chi connectivity index (χ0n) is 14.4. The van der Waals surface area contributed by atoms with Crippen LogP contribution >= 0.6 is 11.3 Å². The van der Waals surface area contributed by atoms with Gasteiger partial charge in [0.2, 0.25) is 0 Å². The van der Waals surface area contributed by atoms with E-state index in [0.29, 0.717) is 17.7 Å². The zero-order chi connectivity index (χ0) is 18.7. The Bertz CT molecular complexity index is 1040. The van der Waals surface area contributed by atoms with Gasteiger partial charge in [0.25, 0.3) is 11.5 Å². The number of carbonyl (C=O) groups is 1. The number of nitrogens with zero attached hydrogens (tertiary/aromatic N) is 2. The number of thiazole rings is 1. The predicted molar refractivity (Wildman–Crippen MR) is 102 cm³/mol. The van der Waals surface area contributed by atoms with Gasteiger partial charge in [-0.1, -0.05) is 23.8 Å². The fourth-order valence-corrected chi connectivity index (χ4v) is 3.25. The van der Waals surface area contributed by atoms with Crippen molar-refractivity contribution in [3.05, 3.63) is 85.7 Å². The van der Waals surface area contributed by atoms with Crippen LogP contribution in [0.2, 0.25) is 0 Å². The fourth-order valence-electron chi connectivity index (χ4n) is 2.47. The number of carbonyl (C=O) groups excluding carboxylic acids is 1. The normalized spacial score (nSPS) is 10.5. The lowest BCUT2D eigenvalue weighted by molar-refractivity contribution is 0.0976. The molecule has 0 radical (unpaired) electrons. The van der Waals surface area contributed by atoms with Crippen molar-refractivity contribution < 1.29 is 4.79 Å². The second-order valence-electron chi connectivity index (χ2n) is 5.95. The Balaban J connectivity index is 1.78. The molecular weight excluding hydrogens is 348 g/mol. The van der Waals surface area contributed by atoms with Crippen LogP contribution in [0.1, 0.15) is 31.4 Å². The molecule has 7 heteroatoms. The molecule has 0 saturated heterocycles. The number of benzene rings is 1. The Morgan fingerprint density at radius 1 is 1.23 bits per heavy atom. The van der Waals surface area contributed by atoms with Crippen LogP contribution in [-0.2, 0) is 6.54 Å². The highest BCUT2D eigenvalue weighted by molar-refractivity contribution is 7.11. The summed E-state index contributed by atoms with van der Waals surface area (Å²) in [4.78, 5) is 29.8. The van der Waals surface area contributed by atoms with E-state index in [9.17, 15) is 9.59 Å². The van der Waals surface area contributed by atoms with Crippen molar-refractivity contribution in [3.8, 4) is 0 Å². The molecule has 2 N–H and O–H groups in total. The molecule has 0 aliphatic rings. The molecule has 6 nitrogen and oxygen atoms in total. The van der Waals surface area contributed by atoms with Crippen molar-refractivity contribution in [1.29, 1.82) is 5.41 Å². The SMILES string of the molecule is Cc1cccc(C(=N)NC(=O)c2ccc(=O)n(Cc3ncc(C)s3)c2)c1. The highest BCUT2D eigenvalue weighted by atomic mass is 32.1. The Labute approximate surface area is 154 Å². The van der Waals surface area contributed by atoms with Crippen LogP contribution in [0.15, 0.2) is 53.6 Å². The van der Waals surface area contributed by atoms with Gasteiger partial charge in [-0.15, -0.1) is 11.3 Å². The van der Waals surface area contributed by atoms with Crippen LogP contribution in [0.3, 0.4) is 0 Å². The van der Waals surface area contributed by atoms with Gasteiger partial charge in [0.05, 0.1) is 12.1 Å². The van der Waals surface area contributed by atoms with Crippen molar-refractivity contribution in [2.24, 2.45) is 0 Å². The lowest BCUT2D eigenvalue weighted by atomic mass is 10.1. The van der Waals surface area contributed by atoms with E-state index in [1.54, 1.807) is 12.3 Å². The summed E-state index contributed by atoms with van der Waals surface area (Å²) in [5, 5.41) is 11.4. The summed E-state index contributed by atoms with van der Waals surface area (Å²) in [7, 11) is 0. The topological polar surface area (TPSA) is 87.8 Å². The number of hydrogen-bond donors (Lipinski definition) is 2. The van der Waals surface area contributed by atoms with Crippen LogP contribution in [-0.4, -0.2) is 21.3 Å². The number of hydrogen-bond acceptors (Lipinski definition) is 5. The maximum atomic E-state index is 12.5. The predicted octanol–water partition coefficient (Wildman–Crippen LogP) is 2.73. The Morgan fingerprint density at radius 2 is 2.04 bits per heavy atom. The van der Waals surface area contributed by atoms with E-state index in [1.807, 2.05) is 32.0 Å². The molecule has 0 spiro atoms. The first-order valence-electron chi connectivity index (χ1n) is 8.01. The van der Waals surface area contributed by atoms with Gasteiger partial charge in [-0.3, -0.25) is 15.0 Å². The molecule has 0 saturated carbocycles. The van der Waals surface area contributed by atoms with E-state index in [4.69, 9.17) is 5.41 Å². The van der Waals surface area contributed by atoms with Crippen LogP contribution in [0, 0.1) is 19.3 Å². The van der Waals surface area contributed by atoms with Gasteiger partial charge >= 0.3 is 0 Å². The summed E-state index contributed by atoms with van der Waals surface area (Å²) >= 11 is 1.51. The Kier molecular flexibility index (Phi) is 5.09. The maximum absolute atomic E-state index is 12.5. The van der Waals surface area contributed by atoms with Gasteiger partial charge < -0.3 is 9.88 Å². The van der Waals surface area contributed by atoms with Crippen LogP contribution in [0.5, 0.6) is 0 Å². The minimum Gasteiger partial charge on any atom is -0.308 e. The Hall–Kier alpha value is -3.06. The number of rotatable bonds is 4. The number of nitrogens with one attached hydrogen (secondary N) is 2. The number of amidine groups is 1. The van der Waals surface area contributed by atoms with Gasteiger partial charge in [0, 0.05) is 28.9 Å². The van der Waals surface area contributed by atoms with Gasteiger partial charge in [-0.25, -0.2) is 4.98 Å². The first-order valence-corrected chi connectivity index (χ1v) is 8.83. The molecule has 0 fully saturated rings. The van der Waals surface area contributed by atoms with E-state index in [1.165, 1.54) is 34.2 Å². The number of amides is 1. The molecule has 2 aromatic heterocycles. The summed E-state index contributed by atoms with van der Waals surface area (Å²) in [5.74, 6) is -0.410. The van der Waals surface area contributed by atoms with Gasteiger partial charge in [0.1, 0.15) is 10.8 Å². The molecule has 132 valence electrons. The average Bonchev–Trinajstić information content (AvgIpc) is 3.01. The van der Waals surface area contributed by atoms with E-state index >= 15 is 0 Å². The van der Waals surface area contributed by atoms with E-state index in [-0.39, 0.29) is 11.4 Å². The summed E-state index contributed by atoms with van der Waals surface area (Å²) in [6.07, 6.45) is 3.25. The fraction of sp³-hybridized carbons (Fsp3) is 0.158. The van der Waals surface area contributed by atoms with Crippen molar-refractivity contribution in [2.45, 2.75) is 20.4 Å². The molecule has 26 heavy (non-hydrogen) atoms. The molecule has 2 heterocycles. The zero-order valence-corrected chi connectivity index (χ0v) is 15.3.